The highest BCUT2D eigenvalue weighted by Crippen LogP contribution is 2.48. The Morgan fingerprint density at radius 3 is 3.04 bits per heavy atom. The molecule has 0 spiro atoms. The van der Waals surface area contributed by atoms with E-state index < -0.39 is 0 Å². The van der Waals surface area contributed by atoms with Crippen LogP contribution < -0.4 is 0 Å². The number of carbonyl (C=O) groups excluding carboxylic acids is 1. The van der Waals surface area contributed by atoms with E-state index in [1.165, 1.54) is 0 Å². The van der Waals surface area contributed by atoms with E-state index in [1.807, 2.05) is 30.2 Å². The minimum absolute atomic E-state index is 0.0570. The second-order valence-corrected chi connectivity index (χ2v) is 6.37. The first-order chi connectivity index (χ1) is 11.7. The zero-order valence-electron chi connectivity index (χ0n) is 13.6. The van der Waals surface area contributed by atoms with Gasteiger partial charge in [-0.2, -0.15) is 4.98 Å². The molecule has 2 atom stereocenters. The van der Waals surface area contributed by atoms with Crippen LogP contribution in [0.25, 0.3) is 0 Å². The van der Waals surface area contributed by atoms with Gasteiger partial charge >= 0.3 is 0 Å². The lowest BCUT2D eigenvalue weighted by Crippen LogP contribution is -2.55. The minimum Gasteiger partial charge on any atom is -0.365 e. The molecule has 7 heteroatoms. The molecule has 1 aliphatic heterocycles. The maximum Gasteiger partial charge on any atom is 0.252 e. The van der Waals surface area contributed by atoms with Gasteiger partial charge in [0.2, 0.25) is 5.91 Å². The van der Waals surface area contributed by atoms with Crippen molar-refractivity contribution in [1.29, 1.82) is 0 Å². The number of hydrogen-bond acceptors (Lipinski definition) is 6. The minimum atomic E-state index is 0.0570. The first-order valence-electron chi connectivity index (χ1n) is 8.36. The third kappa shape index (κ3) is 3.03. The fraction of sp³-hybridized carbons (Fsp3) is 0.529. The molecule has 3 heterocycles. The van der Waals surface area contributed by atoms with Crippen molar-refractivity contribution < 1.29 is 14.1 Å². The zero-order valence-corrected chi connectivity index (χ0v) is 13.6. The van der Waals surface area contributed by atoms with Gasteiger partial charge in [0, 0.05) is 37.8 Å². The van der Waals surface area contributed by atoms with Crippen molar-refractivity contribution in [3.8, 4) is 0 Å². The van der Waals surface area contributed by atoms with Crippen LogP contribution in [-0.4, -0.2) is 45.1 Å². The van der Waals surface area contributed by atoms with Gasteiger partial charge in [-0.25, -0.2) is 0 Å². The predicted octanol–water partition coefficient (Wildman–Crippen LogP) is 1.56. The summed E-state index contributed by atoms with van der Waals surface area (Å²) in [6.45, 7) is 3.57. The smallest absolute Gasteiger partial charge is 0.252 e. The summed E-state index contributed by atoms with van der Waals surface area (Å²) in [5.74, 6) is 1.86. The number of hydrogen-bond donors (Lipinski definition) is 0. The van der Waals surface area contributed by atoms with Crippen molar-refractivity contribution in [2.45, 2.75) is 38.4 Å². The molecule has 1 amide bonds. The van der Waals surface area contributed by atoms with Crippen molar-refractivity contribution in [3.05, 3.63) is 41.8 Å². The number of aryl methyl sites for hydroxylation is 1. The van der Waals surface area contributed by atoms with Gasteiger partial charge in [-0.1, -0.05) is 18.1 Å². The summed E-state index contributed by atoms with van der Waals surface area (Å²) in [6.07, 6.45) is 5.34. The maximum absolute atomic E-state index is 12.4. The highest BCUT2D eigenvalue weighted by molar-refractivity contribution is 5.83. The maximum atomic E-state index is 12.4. The number of pyridine rings is 1. The summed E-state index contributed by atoms with van der Waals surface area (Å²) in [6, 6.07) is 3.96. The second-order valence-electron chi connectivity index (χ2n) is 6.37. The number of ether oxygens (including phenoxy) is 1. The van der Waals surface area contributed by atoms with Crippen molar-refractivity contribution in [2.24, 2.45) is 5.92 Å². The predicted molar refractivity (Wildman–Crippen MR) is 83.9 cm³/mol. The molecule has 0 N–H and O–H groups in total. The van der Waals surface area contributed by atoms with Crippen LogP contribution in [0.15, 0.2) is 29.0 Å². The Morgan fingerprint density at radius 1 is 1.46 bits per heavy atom. The summed E-state index contributed by atoms with van der Waals surface area (Å²) in [7, 11) is 0. The van der Waals surface area contributed by atoms with E-state index in [-0.39, 0.29) is 17.9 Å². The summed E-state index contributed by atoms with van der Waals surface area (Å²) in [5.41, 5.74) is 1.16. The van der Waals surface area contributed by atoms with Crippen LogP contribution in [0.1, 0.15) is 36.5 Å². The van der Waals surface area contributed by atoms with E-state index in [0.29, 0.717) is 37.3 Å². The van der Waals surface area contributed by atoms with Gasteiger partial charge in [0.15, 0.2) is 5.82 Å². The van der Waals surface area contributed by atoms with E-state index in [4.69, 9.17) is 9.26 Å². The molecule has 24 heavy (non-hydrogen) atoms. The molecule has 0 radical (unpaired) electrons. The number of carbonyl (C=O) groups is 1. The van der Waals surface area contributed by atoms with E-state index >= 15 is 0 Å². The Bertz CT molecular complexity index is 712. The molecule has 0 unspecified atom stereocenters. The first-order valence-corrected chi connectivity index (χ1v) is 8.36. The Hall–Kier alpha value is -2.28. The fourth-order valence-corrected chi connectivity index (χ4v) is 3.07. The standard InChI is InChI=1S/C17H20N4O3/c1-2-15-19-16(24-20-15)10-23-12-8-21(9-12)17(22)14-6-13(14)11-4-3-5-18-7-11/h3-5,7,12-14H,2,6,8-10H2,1H3/t13-,14+/m0/s1. The molecule has 7 nitrogen and oxygen atoms in total. The lowest BCUT2D eigenvalue weighted by molar-refractivity contribution is -0.148. The number of amides is 1. The van der Waals surface area contributed by atoms with E-state index in [2.05, 4.69) is 15.1 Å². The number of aromatic nitrogens is 3. The molecule has 1 aliphatic carbocycles. The molecule has 1 saturated heterocycles. The quantitative estimate of drug-likeness (QED) is 0.800. The highest BCUT2D eigenvalue weighted by Gasteiger charge is 2.48. The van der Waals surface area contributed by atoms with Crippen molar-refractivity contribution >= 4 is 5.91 Å². The molecule has 126 valence electrons. The average molecular weight is 328 g/mol. The van der Waals surface area contributed by atoms with E-state index in [9.17, 15) is 4.79 Å². The first kappa shape index (κ1) is 15.3. The molecule has 2 fully saturated rings. The second kappa shape index (κ2) is 6.32. The molecule has 4 rings (SSSR count). The van der Waals surface area contributed by atoms with Gasteiger partial charge in [-0.3, -0.25) is 9.78 Å². The van der Waals surface area contributed by atoms with Crippen molar-refractivity contribution in [2.75, 3.05) is 13.1 Å². The molecule has 2 aliphatic rings. The van der Waals surface area contributed by atoms with Gasteiger partial charge in [-0.05, 0) is 24.0 Å². The van der Waals surface area contributed by atoms with Gasteiger partial charge in [-0.15, -0.1) is 0 Å². The van der Waals surface area contributed by atoms with Crippen LogP contribution in [0.2, 0.25) is 0 Å². The zero-order chi connectivity index (χ0) is 16.5. The molecule has 0 aromatic carbocycles. The van der Waals surface area contributed by atoms with Gasteiger partial charge in [0.25, 0.3) is 5.89 Å². The van der Waals surface area contributed by atoms with Gasteiger partial charge < -0.3 is 14.2 Å². The Morgan fingerprint density at radius 2 is 2.33 bits per heavy atom. The summed E-state index contributed by atoms with van der Waals surface area (Å²) >= 11 is 0. The van der Waals surface area contributed by atoms with Crippen LogP contribution in [0.5, 0.6) is 0 Å². The van der Waals surface area contributed by atoms with Gasteiger partial charge in [0.05, 0.1) is 6.10 Å². The third-order valence-electron chi connectivity index (χ3n) is 4.65. The van der Waals surface area contributed by atoms with Crippen LogP contribution in [0.4, 0.5) is 0 Å². The summed E-state index contributed by atoms with van der Waals surface area (Å²) in [5, 5.41) is 3.83. The van der Waals surface area contributed by atoms with Gasteiger partial charge in [0.1, 0.15) is 6.61 Å². The molecular weight excluding hydrogens is 308 g/mol. The highest BCUT2D eigenvalue weighted by atomic mass is 16.5. The van der Waals surface area contributed by atoms with Crippen LogP contribution >= 0.6 is 0 Å². The monoisotopic (exact) mass is 328 g/mol. The Kier molecular flexibility index (Phi) is 4.02. The SMILES string of the molecule is CCc1noc(COC2CN(C(=O)[C@@H]3C[C@H]3c3cccnc3)C2)n1. The molecular formula is C17H20N4O3. The van der Waals surface area contributed by atoms with Crippen LogP contribution in [0.3, 0.4) is 0 Å². The summed E-state index contributed by atoms with van der Waals surface area (Å²) < 4.78 is 10.8. The topological polar surface area (TPSA) is 81.4 Å². The Balaban J connectivity index is 1.21. The largest absolute Gasteiger partial charge is 0.365 e. The normalized spacial score (nSPS) is 23.1. The summed E-state index contributed by atoms with van der Waals surface area (Å²) in [4.78, 5) is 22.6. The van der Waals surface area contributed by atoms with Crippen molar-refractivity contribution in [1.82, 2.24) is 20.0 Å². The lowest BCUT2D eigenvalue weighted by atomic mass is 10.1. The number of nitrogens with zero attached hydrogens (tertiary/aromatic N) is 4. The molecule has 0 bridgehead atoms. The fourth-order valence-electron chi connectivity index (χ4n) is 3.07. The van der Waals surface area contributed by atoms with Crippen LogP contribution in [0, 0.1) is 5.92 Å². The van der Waals surface area contributed by atoms with E-state index in [0.717, 1.165) is 18.4 Å². The number of rotatable bonds is 6. The van der Waals surface area contributed by atoms with Crippen molar-refractivity contribution in [3.63, 3.8) is 0 Å². The molecule has 2 aromatic heterocycles. The van der Waals surface area contributed by atoms with E-state index in [1.54, 1.807) is 6.20 Å². The third-order valence-corrected chi connectivity index (χ3v) is 4.65. The molecule has 1 saturated carbocycles. The average Bonchev–Trinajstić information content (AvgIpc) is 3.25. The Labute approximate surface area is 140 Å². The van der Waals surface area contributed by atoms with Crippen LogP contribution in [-0.2, 0) is 22.6 Å². The molecule has 2 aromatic rings. The number of likely N-dealkylation sites (tertiary alicyclic amines) is 1. The lowest BCUT2D eigenvalue weighted by Gasteiger charge is -2.38.